The molecule has 1 heterocycles. The number of hydrogen-bond donors (Lipinski definition) is 3. The Morgan fingerprint density at radius 1 is 1.06 bits per heavy atom. The lowest BCUT2D eigenvalue weighted by atomic mass is 9.63. The van der Waals surface area contributed by atoms with Gasteiger partial charge in [-0.25, -0.2) is 8.42 Å². The van der Waals surface area contributed by atoms with Crippen LogP contribution in [0.25, 0.3) is 0 Å². The molecule has 0 bridgehead atoms. The Kier molecular flexibility index (Phi) is 8.64. The summed E-state index contributed by atoms with van der Waals surface area (Å²) in [4.78, 5) is 31.9. The van der Waals surface area contributed by atoms with E-state index in [2.05, 4.69) is 11.9 Å². The van der Waals surface area contributed by atoms with Gasteiger partial charge in [-0.1, -0.05) is 0 Å². The van der Waals surface area contributed by atoms with E-state index in [1.807, 2.05) is 0 Å². The first-order chi connectivity index (χ1) is 14.8. The van der Waals surface area contributed by atoms with Crippen molar-refractivity contribution in [1.29, 1.82) is 0 Å². The maximum Gasteiger partial charge on any atom is 0.340 e. The third kappa shape index (κ3) is 6.39. The number of fused-ring (bicyclic) bond motifs is 1. The summed E-state index contributed by atoms with van der Waals surface area (Å²) in [5.41, 5.74) is 0. The van der Waals surface area contributed by atoms with Crippen molar-refractivity contribution in [3.63, 3.8) is 0 Å². The van der Waals surface area contributed by atoms with Gasteiger partial charge in [-0.15, -0.1) is 23.2 Å². The van der Waals surface area contributed by atoms with Crippen LogP contribution in [0, 0.1) is 23.7 Å². The summed E-state index contributed by atoms with van der Waals surface area (Å²) in [6.45, 7) is 0.897. The average molecular weight is 535 g/mol. The monoisotopic (exact) mass is 534 g/mol. The van der Waals surface area contributed by atoms with Crippen LogP contribution in [0.5, 0.6) is 0 Å². The molecule has 186 valence electrons. The molecule has 3 fully saturated rings. The Hall–Kier alpha value is 0.0700. The van der Waals surface area contributed by atoms with E-state index in [0.29, 0.717) is 53.7 Å². The summed E-state index contributed by atoms with van der Waals surface area (Å²) in [7, 11) is -6.81. The minimum absolute atomic E-state index is 0.0375. The number of carboxylic acid groups (broad SMARTS) is 1. The van der Waals surface area contributed by atoms with Crippen LogP contribution in [0.2, 0.25) is 0 Å². The summed E-state index contributed by atoms with van der Waals surface area (Å²) in [5, 5.41) is 8.30. The van der Waals surface area contributed by atoms with Gasteiger partial charge in [-0.3, -0.25) is 9.36 Å². The molecular formula is C19H33Cl2N2O7PS. The molecule has 3 N–H and O–H groups in total. The topological polar surface area (TPSA) is 135 Å². The zero-order chi connectivity index (χ0) is 23.8. The molecule has 2 aliphatic carbocycles. The van der Waals surface area contributed by atoms with Crippen molar-refractivity contribution in [2.24, 2.45) is 23.7 Å². The zero-order valence-electron chi connectivity index (χ0n) is 18.1. The normalized spacial score (nSPS) is 37.2. The number of rotatable bonds is 7. The molecule has 13 heteroatoms. The van der Waals surface area contributed by atoms with Crippen molar-refractivity contribution in [2.45, 2.75) is 54.5 Å². The first-order valence-electron chi connectivity index (χ1n) is 11.0. The molecule has 0 amide bonds. The van der Waals surface area contributed by atoms with Gasteiger partial charge in [0.15, 0.2) is 0 Å². The molecule has 0 aromatic rings. The van der Waals surface area contributed by atoms with E-state index < -0.39 is 41.7 Å². The minimum Gasteiger partial charge on any atom is -0.480 e. The molecule has 0 aromatic heterocycles. The third-order valence-corrected chi connectivity index (χ3v) is 11.4. The predicted molar refractivity (Wildman–Crippen MR) is 122 cm³/mol. The van der Waals surface area contributed by atoms with Crippen molar-refractivity contribution in [1.82, 2.24) is 9.21 Å². The van der Waals surface area contributed by atoms with Gasteiger partial charge in [0, 0.05) is 23.8 Å². The number of alkyl halides is 2. The SMILES string of the molecule is CN1CC2C(Cl)CC(Cl)CC2C(C2CCC(S(=O)(=O)N(CC(=O)O)CP(=O)(O)O)CC2)C1. The quantitative estimate of drug-likeness (QED) is 0.334. The number of carboxylic acids is 1. The first kappa shape index (κ1) is 26.7. The number of likely N-dealkylation sites (tertiary alicyclic amines) is 1. The highest BCUT2D eigenvalue weighted by molar-refractivity contribution is 7.90. The van der Waals surface area contributed by atoms with Crippen LogP contribution in [0.4, 0.5) is 0 Å². The molecule has 3 rings (SSSR count). The maximum absolute atomic E-state index is 13.0. The summed E-state index contributed by atoms with van der Waals surface area (Å²) < 4.78 is 37.9. The molecular weight excluding hydrogens is 502 g/mol. The van der Waals surface area contributed by atoms with Crippen molar-refractivity contribution >= 4 is 46.8 Å². The second-order valence-electron chi connectivity index (χ2n) is 9.69. The number of aliphatic carboxylic acids is 1. The second-order valence-corrected chi connectivity index (χ2v) is 14.7. The highest BCUT2D eigenvalue weighted by atomic mass is 35.5. The lowest BCUT2D eigenvalue weighted by molar-refractivity contribution is -0.137. The smallest absolute Gasteiger partial charge is 0.340 e. The molecule has 1 aliphatic heterocycles. The Morgan fingerprint density at radius 2 is 1.66 bits per heavy atom. The van der Waals surface area contributed by atoms with Crippen molar-refractivity contribution in [3.8, 4) is 0 Å². The molecule has 5 unspecified atom stereocenters. The third-order valence-electron chi connectivity index (χ3n) is 7.38. The van der Waals surface area contributed by atoms with E-state index in [1.54, 1.807) is 0 Å². The fraction of sp³-hybridized carbons (Fsp3) is 0.947. The number of nitrogens with zero attached hydrogens (tertiary/aromatic N) is 2. The van der Waals surface area contributed by atoms with E-state index >= 15 is 0 Å². The largest absolute Gasteiger partial charge is 0.480 e. The summed E-state index contributed by atoms with van der Waals surface area (Å²) in [5.74, 6) is 0.00989. The first-order valence-corrected chi connectivity index (χ1v) is 15.2. The van der Waals surface area contributed by atoms with Gasteiger partial charge in [0.2, 0.25) is 10.0 Å². The molecule has 3 aliphatic rings. The maximum atomic E-state index is 13.0. The average Bonchev–Trinajstić information content (AvgIpc) is 2.66. The van der Waals surface area contributed by atoms with E-state index in [9.17, 15) is 27.6 Å². The highest BCUT2D eigenvalue weighted by Crippen LogP contribution is 2.48. The Morgan fingerprint density at radius 3 is 2.22 bits per heavy atom. The summed E-state index contributed by atoms with van der Waals surface area (Å²) in [6, 6.07) is 0. The number of piperidine rings is 1. The van der Waals surface area contributed by atoms with Crippen LogP contribution in [-0.4, -0.2) is 87.5 Å². The van der Waals surface area contributed by atoms with E-state index in [-0.39, 0.29) is 10.8 Å². The number of halogens is 2. The van der Waals surface area contributed by atoms with E-state index in [4.69, 9.17) is 28.3 Å². The molecule has 1 saturated heterocycles. The van der Waals surface area contributed by atoms with Gasteiger partial charge < -0.3 is 19.8 Å². The standard InChI is InChI=1S/C19H33Cl2N2O7PS/c1-22-8-16(15-6-13(20)7-18(21)17(15)9-22)12-2-4-14(5-3-12)32(29,30)23(10-19(24)25)11-31(26,27)28/h12-18H,2-11H2,1H3,(H,24,25)(H2,26,27,28). The predicted octanol–water partition coefficient (Wildman–Crippen LogP) is 2.20. The number of carbonyl (C=O) groups is 1. The van der Waals surface area contributed by atoms with Crippen molar-refractivity contribution in [2.75, 3.05) is 33.0 Å². The van der Waals surface area contributed by atoms with Crippen LogP contribution < -0.4 is 0 Å². The molecule has 5 atom stereocenters. The molecule has 2 saturated carbocycles. The lowest BCUT2D eigenvalue weighted by Crippen LogP contribution is -2.53. The fourth-order valence-electron chi connectivity index (χ4n) is 6.03. The Labute approximate surface area is 199 Å². The van der Waals surface area contributed by atoms with Crippen LogP contribution in [0.3, 0.4) is 0 Å². The van der Waals surface area contributed by atoms with Gasteiger partial charge in [-0.05, 0) is 69.2 Å². The number of hydrogen-bond acceptors (Lipinski definition) is 5. The van der Waals surface area contributed by atoms with Crippen LogP contribution in [0.15, 0.2) is 0 Å². The van der Waals surface area contributed by atoms with Gasteiger partial charge in [0.1, 0.15) is 12.8 Å². The van der Waals surface area contributed by atoms with Crippen molar-refractivity contribution in [3.05, 3.63) is 0 Å². The molecule has 9 nitrogen and oxygen atoms in total. The van der Waals surface area contributed by atoms with Crippen molar-refractivity contribution < 1.29 is 32.7 Å². The fourth-order valence-corrected chi connectivity index (χ4v) is 10.2. The molecule has 0 spiro atoms. The second kappa shape index (κ2) is 10.4. The van der Waals surface area contributed by atoms with E-state index in [0.717, 1.165) is 25.9 Å². The Balaban J connectivity index is 1.70. The number of sulfonamides is 1. The van der Waals surface area contributed by atoms with Gasteiger partial charge >= 0.3 is 13.6 Å². The van der Waals surface area contributed by atoms with Crippen LogP contribution >= 0.6 is 30.8 Å². The van der Waals surface area contributed by atoms with Gasteiger partial charge in [0.05, 0.1) is 5.25 Å². The Bertz CT molecular complexity index is 834. The molecule has 0 aromatic carbocycles. The minimum atomic E-state index is -4.74. The molecule has 0 radical (unpaired) electrons. The van der Waals surface area contributed by atoms with Gasteiger partial charge in [-0.2, -0.15) is 4.31 Å². The molecule has 32 heavy (non-hydrogen) atoms. The summed E-state index contributed by atoms with van der Waals surface area (Å²) >= 11 is 13.1. The van der Waals surface area contributed by atoms with E-state index in [1.165, 1.54) is 0 Å². The van der Waals surface area contributed by atoms with Gasteiger partial charge in [0.25, 0.3) is 0 Å². The van der Waals surface area contributed by atoms with Crippen LogP contribution in [0.1, 0.15) is 38.5 Å². The zero-order valence-corrected chi connectivity index (χ0v) is 21.3. The lowest BCUT2D eigenvalue weighted by Gasteiger charge is -2.51. The van der Waals surface area contributed by atoms with Crippen LogP contribution in [-0.2, 0) is 19.4 Å². The summed E-state index contributed by atoms with van der Waals surface area (Å²) in [6.07, 6.45) is 2.63. The highest BCUT2D eigenvalue weighted by Gasteiger charge is 2.47.